The van der Waals surface area contributed by atoms with Crippen molar-refractivity contribution in [3.05, 3.63) is 28.8 Å². The lowest BCUT2D eigenvalue weighted by atomic mass is 10.0. The fourth-order valence-electron chi connectivity index (χ4n) is 3.23. The van der Waals surface area contributed by atoms with Crippen LogP contribution in [0.4, 0.5) is 5.69 Å². The minimum Gasteiger partial charge on any atom is -0.481 e. The van der Waals surface area contributed by atoms with E-state index in [-0.39, 0.29) is 17.7 Å². The molecule has 2 atom stereocenters. The molecule has 0 aromatic heterocycles. The number of benzene rings is 1. The Morgan fingerprint density at radius 3 is 2.70 bits per heavy atom. The number of carboxylic acids is 1. The molecule has 20 heavy (non-hydrogen) atoms. The number of hydrogen-bond donors (Lipinski definition) is 1. The minimum atomic E-state index is -0.787. The summed E-state index contributed by atoms with van der Waals surface area (Å²) >= 11 is 6.00. The predicted octanol–water partition coefficient (Wildman–Crippen LogP) is 2.73. The summed E-state index contributed by atoms with van der Waals surface area (Å²) in [6, 6.07) is 5.62. The summed E-state index contributed by atoms with van der Waals surface area (Å²) in [5.41, 5.74) is 2.02. The molecule has 3 rings (SSSR count). The molecule has 1 saturated carbocycles. The Morgan fingerprint density at radius 1 is 1.25 bits per heavy atom. The van der Waals surface area contributed by atoms with Crippen LogP contribution in [0.1, 0.15) is 24.8 Å². The molecular formula is C15H16ClNO3. The lowest BCUT2D eigenvalue weighted by Gasteiger charge is -2.21. The topological polar surface area (TPSA) is 57.6 Å². The van der Waals surface area contributed by atoms with E-state index in [0.29, 0.717) is 30.8 Å². The van der Waals surface area contributed by atoms with Crippen LogP contribution in [0.25, 0.3) is 0 Å². The molecule has 0 saturated heterocycles. The maximum atomic E-state index is 12.6. The van der Waals surface area contributed by atoms with Gasteiger partial charge in [0.2, 0.25) is 5.91 Å². The van der Waals surface area contributed by atoms with Crippen molar-refractivity contribution < 1.29 is 14.7 Å². The summed E-state index contributed by atoms with van der Waals surface area (Å²) in [6.07, 6.45) is 2.57. The number of carboxylic acid groups (broad SMARTS) is 1. The highest BCUT2D eigenvalue weighted by Crippen LogP contribution is 2.37. The summed E-state index contributed by atoms with van der Waals surface area (Å²) in [5, 5.41) is 9.65. The highest BCUT2D eigenvalue weighted by atomic mass is 35.5. The van der Waals surface area contributed by atoms with Crippen LogP contribution in [0.2, 0.25) is 5.02 Å². The molecule has 1 heterocycles. The van der Waals surface area contributed by atoms with Gasteiger partial charge in [-0.3, -0.25) is 9.59 Å². The summed E-state index contributed by atoms with van der Waals surface area (Å²) in [4.78, 5) is 25.3. The van der Waals surface area contributed by atoms with E-state index >= 15 is 0 Å². The van der Waals surface area contributed by atoms with Gasteiger partial charge in [0.1, 0.15) is 0 Å². The smallest absolute Gasteiger partial charge is 0.306 e. The average molecular weight is 294 g/mol. The summed E-state index contributed by atoms with van der Waals surface area (Å²) < 4.78 is 0. The van der Waals surface area contributed by atoms with Gasteiger partial charge >= 0.3 is 5.97 Å². The van der Waals surface area contributed by atoms with E-state index in [0.717, 1.165) is 17.7 Å². The largest absolute Gasteiger partial charge is 0.481 e. The third-order valence-corrected chi connectivity index (χ3v) is 4.58. The fraction of sp³-hybridized carbons (Fsp3) is 0.467. The van der Waals surface area contributed by atoms with Crippen molar-refractivity contribution in [3.63, 3.8) is 0 Å². The zero-order valence-electron chi connectivity index (χ0n) is 11.0. The maximum Gasteiger partial charge on any atom is 0.306 e. The second-order valence-corrected chi connectivity index (χ2v) is 5.99. The van der Waals surface area contributed by atoms with Crippen molar-refractivity contribution in [2.75, 3.05) is 11.4 Å². The van der Waals surface area contributed by atoms with Crippen molar-refractivity contribution in [1.82, 2.24) is 0 Å². The quantitative estimate of drug-likeness (QED) is 0.912. The minimum absolute atomic E-state index is 0.0507. The number of carbonyl (C=O) groups excluding carboxylic acids is 1. The molecule has 0 bridgehead atoms. The predicted molar refractivity (Wildman–Crippen MR) is 76.0 cm³/mol. The highest BCUT2D eigenvalue weighted by Gasteiger charge is 2.37. The van der Waals surface area contributed by atoms with Crippen LogP contribution in [0.3, 0.4) is 0 Å². The number of amides is 1. The molecule has 1 aliphatic carbocycles. The Balaban J connectivity index is 1.77. The number of nitrogens with zero attached hydrogens (tertiary/aromatic N) is 1. The van der Waals surface area contributed by atoms with E-state index in [1.165, 1.54) is 0 Å². The van der Waals surface area contributed by atoms with Crippen molar-refractivity contribution in [2.24, 2.45) is 11.8 Å². The molecule has 1 aromatic carbocycles. The first kappa shape index (κ1) is 13.4. The van der Waals surface area contributed by atoms with E-state index in [2.05, 4.69) is 0 Å². The first-order chi connectivity index (χ1) is 9.56. The fourth-order valence-corrected chi connectivity index (χ4v) is 3.40. The molecule has 4 nitrogen and oxygen atoms in total. The number of aliphatic carboxylic acids is 1. The van der Waals surface area contributed by atoms with Crippen molar-refractivity contribution >= 4 is 29.2 Å². The Morgan fingerprint density at radius 2 is 2.00 bits per heavy atom. The molecule has 2 aliphatic rings. The first-order valence-corrected chi connectivity index (χ1v) is 7.26. The lowest BCUT2D eigenvalue weighted by molar-refractivity contribution is -0.141. The van der Waals surface area contributed by atoms with Crippen LogP contribution in [-0.2, 0) is 16.0 Å². The number of hydrogen-bond acceptors (Lipinski definition) is 2. The van der Waals surface area contributed by atoms with Crippen LogP contribution in [-0.4, -0.2) is 23.5 Å². The molecular weight excluding hydrogens is 278 g/mol. The Bertz CT molecular complexity index is 572. The molecule has 1 aliphatic heterocycles. The maximum absolute atomic E-state index is 12.6. The first-order valence-electron chi connectivity index (χ1n) is 6.89. The molecule has 106 valence electrons. The average Bonchev–Trinajstić information content (AvgIpc) is 3.04. The number of carbonyl (C=O) groups is 2. The van der Waals surface area contributed by atoms with E-state index < -0.39 is 5.97 Å². The van der Waals surface area contributed by atoms with Crippen LogP contribution in [0, 0.1) is 11.8 Å². The van der Waals surface area contributed by atoms with Gasteiger partial charge in [-0.15, -0.1) is 0 Å². The third kappa shape index (κ3) is 2.29. The van der Waals surface area contributed by atoms with Gasteiger partial charge in [-0.05, 0) is 43.4 Å². The van der Waals surface area contributed by atoms with Gasteiger partial charge in [0.05, 0.1) is 5.92 Å². The van der Waals surface area contributed by atoms with E-state index in [4.69, 9.17) is 16.7 Å². The second-order valence-electron chi connectivity index (χ2n) is 5.56. The van der Waals surface area contributed by atoms with E-state index in [1.807, 2.05) is 18.2 Å². The van der Waals surface area contributed by atoms with Gasteiger partial charge in [-0.2, -0.15) is 0 Å². The lowest BCUT2D eigenvalue weighted by Crippen LogP contribution is -2.34. The van der Waals surface area contributed by atoms with Gasteiger partial charge in [0.25, 0.3) is 0 Å². The van der Waals surface area contributed by atoms with Crippen molar-refractivity contribution in [1.29, 1.82) is 0 Å². The zero-order valence-corrected chi connectivity index (χ0v) is 11.8. The van der Waals surface area contributed by atoms with E-state index in [9.17, 15) is 9.59 Å². The molecule has 1 amide bonds. The SMILES string of the molecule is O=C(O)[C@@H]1CC[C@H](C(=O)N2CCc3ccc(Cl)cc32)C1. The van der Waals surface area contributed by atoms with Crippen molar-refractivity contribution in [2.45, 2.75) is 25.7 Å². The number of anilines is 1. The standard InChI is InChI=1S/C15H16ClNO3/c16-12-4-3-9-5-6-17(13(9)8-12)14(18)10-1-2-11(7-10)15(19)20/h3-4,8,10-11H,1-2,5-7H2,(H,19,20)/t10-,11+/m0/s1. The van der Waals surface area contributed by atoms with Crippen LogP contribution in [0.5, 0.6) is 0 Å². The van der Waals surface area contributed by atoms with Gasteiger partial charge in [0, 0.05) is 23.2 Å². The molecule has 0 radical (unpaired) electrons. The molecule has 0 unspecified atom stereocenters. The number of rotatable bonds is 2. The van der Waals surface area contributed by atoms with Crippen LogP contribution < -0.4 is 4.90 Å². The summed E-state index contributed by atoms with van der Waals surface area (Å²) in [5.74, 6) is -1.27. The monoisotopic (exact) mass is 293 g/mol. The number of fused-ring (bicyclic) bond motifs is 1. The Hall–Kier alpha value is -1.55. The zero-order chi connectivity index (χ0) is 14.3. The van der Waals surface area contributed by atoms with E-state index in [1.54, 1.807) is 4.90 Å². The van der Waals surface area contributed by atoms with Gasteiger partial charge in [-0.1, -0.05) is 17.7 Å². The molecule has 1 aromatic rings. The van der Waals surface area contributed by atoms with Crippen LogP contribution in [0.15, 0.2) is 18.2 Å². The summed E-state index contributed by atoms with van der Waals surface area (Å²) in [6.45, 7) is 0.669. The molecule has 1 fully saturated rings. The molecule has 0 spiro atoms. The Kier molecular flexibility index (Phi) is 3.42. The second kappa shape index (κ2) is 5.09. The molecule has 5 heteroatoms. The summed E-state index contributed by atoms with van der Waals surface area (Å²) in [7, 11) is 0. The van der Waals surface area contributed by atoms with Crippen molar-refractivity contribution in [3.8, 4) is 0 Å². The molecule has 1 N–H and O–H groups in total. The number of halogens is 1. The Labute approximate surface area is 122 Å². The van der Waals surface area contributed by atoms with Gasteiger partial charge in [-0.25, -0.2) is 0 Å². The normalized spacial score (nSPS) is 24.8. The van der Waals surface area contributed by atoms with Crippen LogP contribution >= 0.6 is 11.6 Å². The third-order valence-electron chi connectivity index (χ3n) is 4.34. The van der Waals surface area contributed by atoms with Gasteiger partial charge < -0.3 is 10.0 Å². The highest BCUT2D eigenvalue weighted by molar-refractivity contribution is 6.31. The van der Waals surface area contributed by atoms with Gasteiger partial charge in [0.15, 0.2) is 0 Å².